The summed E-state index contributed by atoms with van der Waals surface area (Å²) < 4.78 is 45.1. The number of carbonyl (C=O) groups excluding carboxylic acids is 1. The summed E-state index contributed by atoms with van der Waals surface area (Å²) in [6, 6.07) is 11.4. The Bertz CT molecular complexity index is 1110. The van der Waals surface area contributed by atoms with Crippen LogP contribution in [0.1, 0.15) is 51.1 Å². The van der Waals surface area contributed by atoms with E-state index in [0.717, 1.165) is 28.8 Å². The Hall–Kier alpha value is -3.13. The standard InChI is InChI=1S/C25H28F3N3O2/c1-5-30(4)24(32)22-16-33-23(29-22)15-31(14-20-10-9-17(2)11-18(20)3)13-19-7-6-8-21(12-19)25(26,27)28/h6-12,16H,5,13-15H2,1-4H3. The summed E-state index contributed by atoms with van der Waals surface area (Å²) in [6.45, 7) is 7.41. The van der Waals surface area contributed by atoms with Gasteiger partial charge in [-0.3, -0.25) is 9.69 Å². The topological polar surface area (TPSA) is 49.6 Å². The molecule has 0 aliphatic carbocycles. The van der Waals surface area contributed by atoms with E-state index < -0.39 is 11.7 Å². The lowest BCUT2D eigenvalue weighted by atomic mass is 10.0. The first-order chi connectivity index (χ1) is 15.6. The van der Waals surface area contributed by atoms with Gasteiger partial charge in [-0.2, -0.15) is 13.2 Å². The summed E-state index contributed by atoms with van der Waals surface area (Å²) in [5, 5.41) is 0. The van der Waals surface area contributed by atoms with Crippen LogP contribution in [0.5, 0.6) is 0 Å². The lowest BCUT2D eigenvalue weighted by molar-refractivity contribution is -0.137. The van der Waals surface area contributed by atoms with Crippen LogP contribution < -0.4 is 0 Å². The van der Waals surface area contributed by atoms with Gasteiger partial charge in [-0.05, 0) is 43.5 Å². The van der Waals surface area contributed by atoms with Crippen molar-refractivity contribution in [1.29, 1.82) is 0 Å². The minimum Gasteiger partial charge on any atom is -0.447 e. The van der Waals surface area contributed by atoms with Crippen molar-refractivity contribution in [1.82, 2.24) is 14.8 Å². The molecule has 0 bridgehead atoms. The molecular weight excluding hydrogens is 431 g/mol. The fourth-order valence-corrected chi connectivity index (χ4v) is 3.55. The quantitative estimate of drug-likeness (QED) is 0.440. The molecule has 0 radical (unpaired) electrons. The molecule has 2 aromatic carbocycles. The first-order valence-corrected chi connectivity index (χ1v) is 10.7. The van der Waals surface area contributed by atoms with E-state index in [1.807, 2.05) is 37.8 Å². The van der Waals surface area contributed by atoms with Crippen molar-refractivity contribution in [2.75, 3.05) is 13.6 Å². The van der Waals surface area contributed by atoms with Crippen molar-refractivity contribution in [3.8, 4) is 0 Å². The zero-order valence-corrected chi connectivity index (χ0v) is 19.2. The molecule has 8 heteroatoms. The smallest absolute Gasteiger partial charge is 0.416 e. The maximum absolute atomic E-state index is 13.2. The number of rotatable bonds is 8. The maximum atomic E-state index is 13.2. The van der Waals surface area contributed by atoms with Crippen LogP contribution in [0.15, 0.2) is 53.1 Å². The van der Waals surface area contributed by atoms with Crippen LogP contribution in [-0.4, -0.2) is 34.3 Å². The molecule has 0 atom stereocenters. The minimum absolute atomic E-state index is 0.208. The van der Waals surface area contributed by atoms with Crippen molar-refractivity contribution in [2.45, 2.75) is 46.6 Å². The molecule has 0 unspecified atom stereocenters. The second-order valence-corrected chi connectivity index (χ2v) is 8.22. The van der Waals surface area contributed by atoms with Gasteiger partial charge in [-0.1, -0.05) is 42.0 Å². The summed E-state index contributed by atoms with van der Waals surface area (Å²) in [7, 11) is 1.68. The van der Waals surface area contributed by atoms with Crippen LogP contribution >= 0.6 is 0 Å². The van der Waals surface area contributed by atoms with Gasteiger partial charge in [0.15, 0.2) is 5.69 Å². The van der Waals surface area contributed by atoms with Gasteiger partial charge in [0, 0.05) is 26.7 Å². The summed E-state index contributed by atoms with van der Waals surface area (Å²) in [4.78, 5) is 20.1. The summed E-state index contributed by atoms with van der Waals surface area (Å²) in [6.07, 6.45) is -3.08. The van der Waals surface area contributed by atoms with Crippen LogP contribution in [0.2, 0.25) is 0 Å². The van der Waals surface area contributed by atoms with Gasteiger partial charge in [0.05, 0.1) is 12.1 Å². The van der Waals surface area contributed by atoms with Crippen molar-refractivity contribution < 1.29 is 22.4 Å². The van der Waals surface area contributed by atoms with E-state index in [4.69, 9.17) is 4.42 Å². The number of hydrogen-bond acceptors (Lipinski definition) is 4. The highest BCUT2D eigenvalue weighted by atomic mass is 19.4. The molecule has 176 valence electrons. The van der Waals surface area contributed by atoms with E-state index in [-0.39, 0.29) is 24.7 Å². The number of carbonyl (C=O) groups is 1. The molecule has 1 heterocycles. The first kappa shape index (κ1) is 24.5. The fourth-order valence-electron chi connectivity index (χ4n) is 3.55. The molecule has 0 spiro atoms. The van der Waals surface area contributed by atoms with Crippen LogP contribution in [0.25, 0.3) is 0 Å². The summed E-state index contributed by atoms with van der Waals surface area (Å²) in [5.41, 5.74) is 3.34. The Balaban J connectivity index is 1.86. The molecule has 0 aliphatic rings. The number of aromatic nitrogens is 1. The van der Waals surface area contributed by atoms with Gasteiger partial charge in [-0.15, -0.1) is 0 Å². The van der Waals surface area contributed by atoms with Gasteiger partial charge in [-0.25, -0.2) is 4.98 Å². The van der Waals surface area contributed by atoms with Gasteiger partial charge in [0.1, 0.15) is 6.26 Å². The third-order valence-corrected chi connectivity index (χ3v) is 5.50. The lowest BCUT2D eigenvalue weighted by Gasteiger charge is -2.23. The number of halogens is 3. The molecule has 5 nitrogen and oxygen atoms in total. The molecule has 3 rings (SSSR count). The Morgan fingerprint density at radius 3 is 2.48 bits per heavy atom. The third kappa shape index (κ3) is 6.44. The SMILES string of the molecule is CCN(C)C(=O)c1coc(CN(Cc2cccc(C(F)(F)F)c2)Cc2ccc(C)cc2C)n1. The first-order valence-electron chi connectivity index (χ1n) is 10.7. The largest absolute Gasteiger partial charge is 0.447 e. The van der Waals surface area contributed by atoms with E-state index in [1.54, 1.807) is 13.1 Å². The van der Waals surface area contributed by atoms with Crippen LogP contribution in [0.3, 0.4) is 0 Å². The summed E-state index contributed by atoms with van der Waals surface area (Å²) in [5.74, 6) is 0.0888. The number of benzene rings is 2. The van der Waals surface area contributed by atoms with Crippen molar-refractivity contribution >= 4 is 5.91 Å². The zero-order valence-electron chi connectivity index (χ0n) is 19.2. The van der Waals surface area contributed by atoms with Crippen molar-refractivity contribution in [3.05, 3.63) is 88.1 Å². The molecule has 1 amide bonds. The predicted molar refractivity (Wildman–Crippen MR) is 119 cm³/mol. The molecule has 0 aliphatic heterocycles. The van der Waals surface area contributed by atoms with Crippen LogP contribution in [0.4, 0.5) is 13.2 Å². The predicted octanol–water partition coefficient (Wildman–Crippen LogP) is 5.60. The highest BCUT2D eigenvalue weighted by Crippen LogP contribution is 2.30. The second-order valence-electron chi connectivity index (χ2n) is 8.22. The molecule has 0 saturated heterocycles. The Morgan fingerprint density at radius 2 is 1.82 bits per heavy atom. The molecule has 0 saturated carbocycles. The van der Waals surface area contributed by atoms with Crippen molar-refractivity contribution in [2.24, 2.45) is 0 Å². The molecular formula is C25H28F3N3O2. The second kappa shape index (κ2) is 10.2. The summed E-state index contributed by atoms with van der Waals surface area (Å²) >= 11 is 0. The monoisotopic (exact) mass is 459 g/mol. The lowest BCUT2D eigenvalue weighted by Crippen LogP contribution is -2.27. The van der Waals surface area contributed by atoms with E-state index >= 15 is 0 Å². The van der Waals surface area contributed by atoms with Gasteiger partial charge < -0.3 is 9.32 Å². The molecule has 0 fully saturated rings. The number of oxazole rings is 1. The number of nitrogens with zero attached hydrogens (tertiary/aromatic N) is 3. The number of hydrogen-bond donors (Lipinski definition) is 0. The van der Waals surface area contributed by atoms with E-state index in [9.17, 15) is 18.0 Å². The van der Waals surface area contributed by atoms with Crippen LogP contribution in [0, 0.1) is 13.8 Å². The van der Waals surface area contributed by atoms with Crippen LogP contribution in [-0.2, 0) is 25.8 Å². The van der Waals surface area contributed by atoms with Gasteiger partial charge >= 0.3 is 6.18 Å². The van der Waals surface area contributed by atoms with E-state index in [2.05, 4.69) is 11.1 Å². The average molecular weight is 460 g/mol. The number of alkyl halides is 3. The Morgan fingerprint density at radius 1 is 1.06 bits per heavy atom. The highest BCUT2D eigenvalue weighted by Gasteiger charge is 2.30. The Kier molecular flexibility index (Phi) is 7.58. The fraction of sp³-hybridized carbons (Fsp3) is 0.360. The molecule has 3 aromatic rings. The molecule has 0 N–H and O–H groups in total. The zero-order chi connectivity index (χ0) is 24.2. The number of amides is 1. The van der Waals surface area contributed by atoms with E-state index in [1.165, 1.54) is 17.2 Å². The third-order valence-electron chi connectivity index (χ3n) is 5.50. The van der Waals surface area contributed by atoms with Gasteiger partial charge in [0.25, 0.3) is 5.91 Å². The van der Waals surface area contributed by atoms with E-state index in [0.29, 0.717) is 24.5 Å². The highest BCUT2D eigenvalue weighted by molar-refractivity contribution is 5.91. The minimum atomic E-state index is -4.41. The molecule has 33 heavy (non-hydrogen) atoms. The molecule has 1 aromatic heterocycles. The Labute approximate surface area is 191 Å². The van der Waals surface area contributed by atoms with Crippen molar-refractivity contribution in [3.63, 3.8) is 0 Å². The average Bonchev–Trinajstić information content (AvgIpc) is 3.22. The number of aryl methyl sites for hydroxylation is 2. The maximum Gasteiger partial charge on any atom is 0.416 e. The normalized spacial score (nSPS) is 11.8. The van der Waals surface area contributed by atoms with Gasteiger partial charge in [0.2, 0.25) is 5.89 Å².